The highest BCUT2D eigenvalue weighted by molar-refractivity contribution is 7.13. The minimum Gasteiger partial charge on any atom is -0.455 e. The van der Waals surface area contributed by atoms with Crippen LogP contribution in [-0.2, 0) is 20.7 Å². The highest BCUT2D eigenvalue weighted by atomic mass is 32.1. The molecule has 0 saturated carbocycles. The van der Waals surface area contributed by atoms with Gasteiger partial charge in [0.15, 0.2) is 6.61 Å². The summed E-state index contributed by atoms with van der Waals surface area (Å²) < 4.78 is 4.69. The van der Waals surface area contributed by atoms with E-state index in [9.17, 15) is 9.59 Å². The minimum atomic E-state index is -0.669. The van der Waals surface area contributed by atoms with Gasteiger partial charge in [0.2, 0.25) is 0 Å². The summed E-state index contributed by atoms with van der Waals surface area (Å²) >= 11 is 1.46. The highest BCUT2D eigenvalue weighted by Crippen LogP contribution is 2.24. The van der Waals surface area contributed by atoms with E-state index >= 15 is 0 Å². The molecule has 0 saturated heterocycles. The number of benzene rings is 1. The second-order valence-electron chi connectivity index (χ2n) is 4.31. The van der Waals surface area contributed by atoms with E-state index in [2.05, 4.69) is 9.72 Å². The molecule has 0 aliphatic rings. The molecule has 0 bridgehead atoms. The van der Waals surface area contributed by atoms with Crippen LogP contribution in [0.25, 0.3) is 10.6 Å². The molecule has 2 rings (SSSR count). The highest BCUT2D eigenvalue weighted by Gasteiger charge is 2.10. The Kier molecular flexibility index (Phi) is 4.47. The second kappa shape index (κ2) is 6.29. The molecular formula is C14H14N2O3S. The van der Waals surface area contributed by atoms with Crippen molar-refractivity contribution in [3.8, 4) is 10.6 Å². The number of nitrogens with two attached hydrogens (primary N) is 1. The molecule has 5 nitrogen and oxygen atoms in total. The first-order chi connectivity index (χ1) is 9.54. The maximum Gasteiger partial charge on any atom is 0.312 e. The molecule has 0 spiro atoms. The Bertz CT molecular complexity index is 620. The summed E-state index contributed by atoms with van der Waals surface area (Å²) in [4.78, 5) is 26.3. The number of rotatable bonds is 5. The van der Waals surface area contributed by atoms with Crippen LogP contribution in [0.2, 0.25) is 0 Å². The zero-order valence-electron chi connectivity index (χ0n) is 11.0. The number of hydrogen-bond acceptors (Lipinski definition) is 5. The molecule has 20 heavy (non-hydrogen) atoms. The van der Waals surface area contributed by atoms with E-state index in [1.165, 1.54) is 16.9 Å². The Morgan fingerprint density at radius 1 is 1.30 bits per heavy atom. The largest absolute Gasteiger partial charge is 0.455 e. The predicted molar refractivity (Wildman–Crippen MR) is 76.1 cm³/mol. The average Bonchev–Trinajstić information content (AvgIpc) is 2.85. The van der Waals surface area contributed by atoms with Gasteiger partial charge in [0, 0.05) is 10.9 Å². The molecule has 1 aromatic heterocycles. The summed E-state index contributed by atoms with van der Waals surface area (Å²) in [5, 5.41) is 2.66. The van der Waals surface area contributed by atoms with E-state index in [1.54, 1.807) is 5.38 Å². The summed E-state index contributed by atoms with van der Waals surface area (Å²) in [6.45, 7) is 1.62. The van der Waals surface area contributed by atoms with E-state index in [0.29, 0.717) is 5.69 Å². The fraction of sp³-hybridized carbons (Fsp3) is 0.214. The van der Waals surface area contributed by atoms with Gasteiger partial charge in [0.1, 0.15) is 5.01 Å². The Hall–Kier alpha value is -2.21. The quantitative estimate of drug-likeness (QED) is 0.849. The Morgan fingerprint density at radius 3 is 2.65 bits per heavy atom. The van der Waals surface area contributed by atoms with E-state index in [0.717, 1.165) is 10.6 Å². The maximum absolute atomic E-state index is 11.4. The van der Waals surface area contributed by atoms with Crippen molar-refractivity contribution in [1.29, 1.82) is 0 Å². The van der Waals surface area contributed by atoms with Gasteiger partial charge in [-0.05, 0) is 6.92 Å². The van der Waals surface area contributed by atoms with Gasteiger partial charge in [0.05, 0.1) is 12.1 Å². The van der Waals surface area contributed by atoms with Gasteiger partial charge < -0.3 is 10.5 Å². The fourth-order valence-electron chi connectivity index (χ4n) is 1.57. The number of amides is 1. The van der Waals surface area contributed by atoms with Crippen LogP contribution in [0.5, 0.6) is 0 Å². The summed E-state index contributed by atoms with van der Waals surface area (Å²) in [6.07, 6.45) is 0.0373. The molecule has 6 heteroatoms. The van der Waals surface area contributed by atoms with E-state index < -0.39 is 18.5 Å². The Balaban J connectivity index is 2.00. The fourth-order valence-corrected chi connectivity index (χ4v) is 2.39. The van der Waals surface area contributed by atoms with Crippen molar-refractivity contribution in [1.82, 2.24) is 4.98 Å². The van der Waals surface area contributed by atoms with Gasteiger partial charge in [-0.1, -0.05) is 29.8 Å². The van der Waals surface area contributed by atoms with E-state index in [4.69, 9.17) is 5.73 Å². The lowest BCUT2D eigenvalue weighted by atomic mass is 10.2. The first kappa shape index (κ1) is 14.2. The third-order valence-corrected chi connectivity index (χ3v) is 3.49. The molecule has 1 aromatic carbocycles. The summed E-state index contributed by atoms with van der Waals surface area (Å²) in [7, 11) is 0. The minimum absolute atomic E-state index is 0.0373. The smallest absolute Gasteiger partial charge is 0.312 e. The van der Waals surface area contributed by atoms with Gasteiger partial charge in [-0.3, -0.25) is 9.59 Å². The van der Waals surface area contributed by atoms with Crippen molar-refractivity contribution in [2.75, 3.05) is 6.61 Å². The number of carbonyl (C=O) groups excluding carboxylic acids is 2. The monoisotopic (exact) mass is 290 g/mol. The van der Waals surface area contributed by atoms with Crippen LogP contribution in [0.4, 0.5) is 0 Å². The SMILES string of the molecule is Cc1ccc(-c2nc(CC(=O)OCC(N)=O)cs2)cc1. The molecular weight excluding hydrogens is 276 g/mol. The van der Waals surface area contributed by atoms with Gasteiger partial charge >= 0.3 is 5.97 Å². The Labute approximate surface area is 120 Å². The first-order valence-electron chi connectivity index (χ1n) is 6.00. The van der Waals surface area contributed by atoms with Crippen LogP contribution >= 0.6 is 11.3 Å². The number of thiazole rings is 1. The number of nitrogens with zero attached hydrogens (tertiary/aromatic N) is 1. The predicted octanol–water partition coefficient (Wildman–Crippen LogP) is 1.69. The van der Waals surface area contributed by atoms with Crippen LogP contribution < -0.4 is 5.73 Å². The van der Waals surface area contributed by atoms with Crippen LogP contribution in [-0.4, -0.2) is 23.5 Å². The lowest BCUT2D eigenvalue weighted by molar-refractivity contribution is -0.147. The molecule has 0 aliphatic heterocycles. The molecule has 2 N–H and O–H groups in total. The van der Waals surface area contributed by atoms with Gasteiger partial charge in [-0.25, -0.2) is 4.98 Å². The third kappa shape index (κ3) is 3.89. The van der Waals surface area contributed by atoms with Crippen LogP contribution in [0.15, 0.2) is 29.6 Å². The van der Waals surface area contributed by atoms with Crippen molar-refractivity contribution in [3.63, 3.8) is 0 Å². The molecule has 2 aromatic rings. The maximum atomic E-state index is 11.4. The number of aromatic nitrogens is 1. The van der Waals surface area contributed by atoms with Crippen LogP contribution in [0.3, 0.4) is 0 Å². The van der Waals surface area contributed by atoms with Gasteiger partial charge in [0.25, 0.3) is 5.91 Å². The number of carbonyl (C=O) groups is 2. The molecule has 1 amide bonds. The van der Waals surface area contributed by atoms with E-state index in [-0.39, 0.29) is 6.42 Å². The molecule has 0 radical (unpaired) electrons. The summed E-state index contributed by atoms with van der Waals surface area (Å²) in [5.74, 6) is -1.18. The zero-order chi connectivity index (χ0) is 14.5. The average molecular weight is 290 g/mol. The molecule has 0 unspecified atom stereocenters. The number of ether oxygens (including phenoxy) is 1. The molecule has 0 aliphatic carbocycles. The lowest BCUT2D eigenvalue weighted by Gasteiger charge is -2.00. The van der Waals surface area contributed by atoms with E-state index in [1.807, 2.05) is 31.2 Å². The van der Waals surface area contributed by atoms with Crippen LogP contribution in [0.1, 0.15) is 11.3 Å². The number of primary amides is 1. The summed E-state index contributed by atoms with van der Waals surface area (Å²) in [6, 6.07) is 8.00. The third-order valence-electron chi connectivity index (χ3n) is 2.55. The number of hydrogen-bond donors (Lipinski definition) is 1. The van der Waals surface area contributed by atoms with Crippen molar-refractivity contribution in [2.24, 2.45) is 5.73 Å². The number of esters is 1. The van der Waals surface area contributed by atoms with Gasteiger partial charge in [-0.15, -0.1) is 11.3 Å². The van der Waals surface area contributed by atoms with Crippen molar-refractivity contribution in [2.45, 2.75) is 13.3 Å². The summed E-state index contributed by atoms with van der Waals surface area (Å²) in [5.41, 5.74) is 7.71. The lowest BCUT2D eigenvalue weighted by Crippen LogP contribution is -2.21. The topological polar surface area (TPSA) is 82.3 Å². The van der Waals surface area contributed by atoms with Crippen molar-refractivity contribution < 1.29 is 14.3 Å². The molecule has 0 fully saturated rings. The second-order valence-corrected chi connectivity index (χ2v) is 5.17. The number of aryl methyl sites for hydroxylation is 1. The van der Waals surface area contributed by atoms with Gasteiger partial charge in [-0.2, -0.15) is 0 Å². The first-order valence-corrected chi connectivity index (χ1v) is 6.88. The van der Waals surface area contributed by atoms with Crippen LogP contribution in [0, 0.1) is 6.92 Å². The zero-order valence-corrected chi connectivity index (χ0v) is 11.8. The molecule has 0 atom stereocenters. The normalized spacial score (nSPS) is 10.2. The van der Waals surface area contributed by atoms with Crippen molar-refractivity contribution in [3.05, 3.63) is 40.9 Å². The molecule has 1 heterocycles. The molecule has 104 valence electrons. The standard InChI is InChI=1S/C14H14N2O3S/c1-9-2-4-10(5-3-9)14-16-11(8-20-14)6-13(18)19-7-12(15)17/h2-5,8H,6-7H2,1H3,(H2,15,17). The Morgan fingerprint density at radius 2 is 2.00 bits per heavy atom. The van der Waals surface area contributed by atoms with Crippen molar-refractivity contribution >= 4 is 23.2 Å².